The predicted molar refractivity (Wildman–Crippen MR) is 233 cm³/mol. The molecule has 0 saturated heterocycles. The van der Waals surface area contributed by atoms with Gasteiger partial charge in [-0.15, -0.1) is 0 Å². The van der Waals surface area contributed by atoms with E-state index in [1.54, 1.807) is 0 Å². The van der Waals surface area contributed by atoms with Gasteiger partial charge in [0.15, 0.2) is 0 Å². The van der Waals surface area contributed by atoms with Gasteiger partial charge in [-0.1, -0.05) is 158 Å². The predicted octanol–water partition coefficient (Wildman–Crippen LogP) is 13.3. The van der Waals surface area contributed by atoms with E-state index in [1.165, 1.54) is 38.6 Å². The molecule has 8 aromatic carbocycles. The van der Waals surface area contributed by atoms with E-state index in [1.807, 2.05) is 24.4 Å². The Morgan fingerprint density at radius 2 is 0.893 bits per heavy atom. The van der Waals surface area contributed by atoms with Gasteiger partial charge < -0.3 is 5.32 Å². The highest BCUT2D eigenvalue weighted by atomic mass is 15.1. The molecule has 0 spiro atoms. The highest BCUT2D eigenvalue weighted by Gasteiger charge is 2.25. The van der Waals surface area contributed by atoms with Crippen molar-refractivity contribution >= 4 is 22.3 Å². The Balaban J connectivity index is 1.08. The molecule has 0 radical (unpaired) electrons. The first-order chi connectivity index (χ1) is 27.7. The minimum Gasteiger partial charge on any atom is -0.359 e. The normalized spacial score (nSPS) is 13.4. The largest absolute Gasteiger partial charge is 0.359 e. The fourth-order valence-corrected chi connectivity index (χ4v) is 7.81. The first-order valence-electron chi connectivity index (χ1n) is 19.1. The van der Waals surface area contributed by atoms with Gasteiger partial charge in [-0.3, -0.25) is 4.98 Å². The molecule has 264 valence electrons. The number of amidine groups is 1. The maximum absolute atomic E-state index is 5.33. The molecule has 1 unspecified atom stereocenters. The first kappa shape index (κ1) is 33.2. The van der Waals surface area contributed by atoms with Crippen molar-refractivity contribution in [2.75, 3.05) is 0 Å². The summed E-state index contributed by atoms with van der Waals surface area (Å²) >= 11 is 0. The molecular weight excluding hydrogens is 679 g/mol. The van der Waals surface area contributed by atoms with E-state index in [4.69, 9.17) is 4.99 Å². The fourth-order valence-electron chi connectivity index (χ4n) is 7.81. The Morgan fingerprint density at radius 1 is 0.357 bits per heavy atom. The van der Waals surface area contributed by atoms with Gasteiger partial charge in [-0.25, -0.2) is 4.99 Å². The summed E-state index contributed by atoms with van der Waals surface area (Å²) in [5.74, 6) is 0.847. The highest BCUT2D eigenvalue weighted by Crippen LogP contribution is 2.39. The monoisotopic (exact) mass is 715 g/mol. The Hall–Kier alpha value is -7.36. The number of aromatic nitrogens is 1. The molecule has 2 heterocycles. The molecule has 10 rings (SSSR count). The van der Waals surface area contributed by atoms with Gasteiger partial charge in [0.05, 0.1) is 17.4 Å². The minimum absolute atomic E-state index is 0.0756. The first-order valence-corrected chi connectivity index (χ1v) is 19.1. The van der Waals surface area contributed by atoms with Gasteiger partial charge in [0.1, 0.15) is 5.84 Å². The molecule has 1 aromatic heterocycles. The van der Waals surface area contributed by atoms with Crippen LogP contribution in [0.5, 0.6) is 0 Å². The van der Waals surface area contributed by atoms with E-state index in [-0.39, 0.29) is 6.04 Å². The third-order valence-corrected chi connectivity index (χ3v) is 10.8. The van der Waals surface area contributed by atoms with Crippen LogP contribution in [0.25, 0.3) is 66.5 Å². The fraction of sp³-hybridized carbons (Fsp3) is 0.0189. The Bertz CT molecular complexity index is 2850. The van der Waals surface area contributed by atoms with Crippen LogP contribution in [0.15, 0.2) is 217 Å². The van der Waals surface area contributed by atoms with Gasteiger partial charge in [0.25, 0.3) is 0 Å². The number of fused-ring (bicyclic) bond motifs is 2. The number of hydrogen-bond donors (Lipinski definition) is 1. The van der Waals surface area contributed by atoms with Crippen LogP contribution in [0.2, 0.25) is 0 Å². The second kappa shape index (κ2) is 14.5. The number of aliphatic imine (C=N–C) groups is 1. The van der Waals surface area contributed by atoms with Crippen molar-refractivity contribution in [1.82, 2.24) is 10.3 Å². The number of benzene rings is 8. The summed E-state index contributed by atoms with van der Waals surface area (Å²) in [6.07, 6.45) is 1.84. The van der Waals surface area contributed by atoms with Crippen LogP contribution in [-0.4, -0.2) is 10.8 Å². The topological polar surface area (TPSA) is 37.3 Å². The van der Waals surface area contributed by atoms with Crippen molar-refractivity contribution in [1.29, 1.82) is 0 Å². The number of nitrogens with one attached hydrogen (secondary N) is 1. The van der Waals surface area contributed by atoms with E-state index in [0.29, 0.717) is 0 Å². The number of pyridine rings is 1. The van der Waals surface area contributed by atoms with Crippen LogP contribution >= 0.6 is 0 Å². The van der Waals surface area contributed by atoms with Gasteiger partial charge in [-0.05, 0) is 109 Å². The molecule has 1 aliphatic heterocycles. The Labute approximate surface area is 327 Å². The van der Waals surface area contributed by atoms with Gasteiger partial charge >= 0.3 is 0 Å². The van der Waals surface area contributed by atoms with Crippen LogP contribution in [0.1, 0.15) is 22.7 Å². The molecule has 9 aromatic rings. The van der Waals surface area contributed by atoms with Crippen molar-refractivity contribution < 1.29 is 0 Å². The zero-order chi connectivity index (χ0) is 37.3. The van der Waals surface area contributed by atoms with E-state index in [9.17, 15) is 0 Å². The lowest BCUT2D eigenvalue weighted by Crippen LogP contribution is -2.32. The molecule has 1 aliphatic rings. The highest BCUT2D eigenvalue weighted by molar-refractivity contribution is 6.04. The summed E-state index contributed by atoms with van der Waals surface area (Å²) in [4.78, 5) is 9.90. The zero-order valence-corrected chi connectivity index (χ0v) is 30.7. The lowest BCUT2D eigenvalue weighted by molar-refractivity contribution is 0.750. The zero-order valence-electron chi connectivity index (χ0n) is 30.7. The van der Waals surface area contributed by atoms with Crippen LogP contribution in [0.4, 0.5) is 5.69 Å². The Kier molecular flexibility index (Phi) is 8.58. The molecule has 3 heteroatoms. The summed E-state index contributed by atoms with van der Waals surface area (Å²) in [6, 6.07) is 73.5. The van der Waals surface area contributed by atoms with Gasteiger partial charge in [0.2, 0.25) is 0 Å². The number of rotatable bonds is 7. The molecule has 0 aliphatic carbocycles. The van der Waals surface area contributed by atoms with E-state index in [0.717, 1.165) is 56.2 Å². The molecule has 3 nitrogen and oxygen atoms in total. The van der Waals surface area contributed by atoms with Crippen molar-refractivity contribution in [3.8, 4) is 55.8 Å². The SMILES string of the molecule is c1ccc(-c2ccc3c(c2)C(c2ccccc2)NC(c2cc(-c4ccc(-c5ccc6ccccc6c5)cc4)cc(-c4ccc(-c5ccccn5)cc4)c2)=N3)cc1. The number of hydrogen-bond acceptors (Lipinski definition) is 3. The van der Waals surface area contributed by atoms with Gasteiger partial charge in [-0.2, -0.15) is 0 Å². The molecule has 1 N–H and O–H groups in total. The van der Waals surface area contributed by atoms with Crippen LogP contribution < -0.4 is 5.32 Å². The molecule has 1 atom stereocenters. The van der Waals surface area contributed by atoms with Gasteiger partial charge in [0, 0.05) is 22.9 Å². The van der Waals surface area contributed by atoms with E-state index in [2.05, 4.69) is 198 Å². The smallest absolute Gasteiger partial charge is 0.134 e. The lowest BCUT2D eigenvalue weighted by atomic mass is 9.90. The molecule has 0 fully saturated rings. The Morgan fingerprint density at radius 3 is 1.59 bits per heavy atom. The third-order valence-electron chi connectivity index (χ3n) is 10.8. The van der Waals surface area contributed by atoms with Crippen LogP contribution in [0.3, 0.4) is 0 Å². The molecule has 0 bridgehead atoms. The summed E-state index contributed by atoms with van der Waals surface area (Å²) in [5, 5.41) is 6.39. The van der Waals surface area contributed by atoms with Crippen molar-refractivity contribution in [3.63, 3.8) is 0 Å². The summed E-state index contributed by atoms with van der Waals surface area (Å²) in [6.45, 7) is 0. The van der Waals surface area contributed by atoms with Crippen molar-refractivity contribution in [3.05, 3.63) is 229 Å². The maximum atomic E-state index is 5.33. The van der Waals surface area contributed by atoms with Crippen molar-refractivity contribution in [2.24, 2.45) is 4.99 Å². The third kappa shape index (κ3) is 6.57. The minimum atomic E-state index is -0.0756. The average molecular weight is 716 g/mol. The summed E-state index contributed by atoms with van der Waals surface area (Å²) in [5.41, 5.74) is 15.7. The van der Waals surface area contributed by atoms with Crippen molar-refractivity contribution in [2.45, 2.75) is 6.04 Å². The average Bonchev–Trinajstić information content (AvgIpc) is 3.29. The second-order valence-corrected chi connectivity index (χ2v) is 14.3. The molecule has 0 saturated carbocycles. The van der Waals surface area contributed by atoms with Crippen LogP contribution in [0, 0.1) is 0 Å². The standard InChI is InChI=1S/C53H37N3/c1-3-11-36(12-4-1)45-28-29-51-49(35-45)52(42-14-5-2-6-15-42)56-53(55-51)48-33-46(32-47(34-48)40-22-25-41(26-23-40)50-17-9-10-30-54-50)39-20-18-38(19-21-39)44-27-24-37-13-7-8-16-43(37)31-44/h1-35,52H,(H,55,56). The molecule has 0 amide bonds. The summed E-state index contributed by atoms with van der Waals surface area (Å²) in [7, 11) is 0. The van der Waals surface area contributed by atoms with Crippen LogP contribution in [-0.2, 0) is 0 Å². The molecular formula is C53H37N3. The quantitative estimate of drug-likeness (QED) is 0.178. The van der Waals surface area contributed by atoms with E-state index < -0.39 is 0 Å². The number of nitrogens with zero attached hydrogens (tertiary/aromatic N) is 2. The second-order valence-electron chi connectivity index (χ2n) is 14.3. The lowest BCUT2D eigenvalue weighted by Gasteiger charge is -2.29. The van der Waals surface area contributed by atoms with E-state index >= 15 is 0 Å². The molecule has 56 heavy (non-hydrogen) atoms. The maximum Gasteiger partial charge on any atom is 0.134 e. The summed E-state index contributed by atoms with van der Waals surface area (Å²) < 4.78 is 0.